The molecule has 1 N–H and O–H groups in total. The lowest BCUT2D eigenvalue weighted by Gasteiger charge is -2.08. The van der Waals surface area contributed by atoms with Gasteiger partial charge in [0.2, 0.25) is 0 Å². The molecule has 6 heteroatoms. The van der Waals surface area contributed by atoms with Gasteiger partial charge >= 0.3 is 5.97 Å². The SMILES string of the molecule is COC(=O)CCNCC1CCS(=O)(=O)C1. The van der Waals surface area contributed by atoms with Gasteiger partial charge < -0.3 is 10.1 Å². The van der Waals surface area contributed by atoms with Crippen molar-refractivity contribution in [1.82, 2.24) is 5.32 Å². The molecule has 1 fully saturated rings. The lowest BCUT2D eigenvalue weighted by Crippen LogP contribution is -2.26. The van der Waals surface area contributed by atoms with Crippen LogP contribution in [0.3, 0.4) is 0 Å². The molecule has 0 aromatic rings. The molecule has 0 spiro atoms. The van der Waals surface area contributed by atoms with Gasteiger partial charge in [0.05, 0.1) is 25.0 Å². The zero-order chi connectivity index (χ0) is 11.3. The highest BCUT2D eigenvalue weighted by Gasteiger charge is 2.27. The summed E-state index contributed by atoms with van der Waals surface area (Å²) in [7, 11) is -1.43. The second kappa shape index (κ2) is 5.46. The predicted molar refractivity (Wildman–Crippen MR) is 56.3 cm³/mol. The molecule has 0 aliphatic carbocycles. The van der Waals surface area contributed by atoms with Crippen LogP contribution in [0, 0.1) is 5.92 Å². The summed E-state index contributed by atoms with van der Waals surface area (Å²) in [5.41, 5.74) is 0. The Balaban J connectivity index is 2.09. The Labute approximate surface area is 90.1 Å². The molecule has 1 rings (SSSR count). The zero-order valence-electron chi connectivity index (χ0n) is 8.86. The Morgan fingerprint density at radius 3 is 2.80 bits per heavy atom. The van der Waals surface area contributed by atoms with Crippen molar-refractivity contribution in [2.24, 2.45) is 5.92 Å². The van der Waals surface area contributed by atoms with Gasteiger partial charge in [0, 0.05) is 6.54 Å². The molecule has 1 aliphatic heterocycles. The average molecular weight is 235 g/mol. The van der Waals surface area contributed by atoms with Gasteiger partial charge in [-0.2, -0.15) is 0 Å². The third kappa shape index (κ3) is 4.61. The lowest BCUT2D eigenvalue weighted by molar-refractivity contribution is -0.140. The van der Waals surface area contributed by atoms with Crippen LogP contribution in [0.2, 0.25) is 0 Å². The van der Waals surface area contributed by atoms with Gasteiger partial charge in [0.1, 0.15) is 0 Å². The summed E-state index contributed by atoms with van der Waals surface area (Å²) in [4.78, 5) is 10.8. The number of nitrogens with one attached hydrogen (secondary N) is 1. The number of carbonyl (C=O) groups excluding carboxylic acids is 1. The first-order valence-corrected chi connectivity index (χ1v) is 6.83. The van der Waals surface area contributed by atoms with Crippen molar-refractivity contribution in [3.63, 3.8) is 0 Å². The highest BCUT2D eigenvalue weighted by atomic mass is 32.2. The van der Waals surface area contributed by atoms with Gasteiger partial charge in [-0.05, 0) is 18.9 Å². The smallest absolute Gasteiger partial charge is 0.306 e. The summed E-state index contributed by atoms with van der Waals surface area (Å²) < 4.78 is 26.7. The molecule has 0 aromatic carbocycles. The fourth-order valence-electron chi connectivity index (χ4n) is 1.63. The van der Waals surface area contributed by atoms with Gasteiger partial charge in [-0.3, -0.25) is 4.79 Å². The van der Waals surface area contributed by atoms with Gasteiger partial charge in [0.15, 0.2) is 9.84 Å². The lowest BCUT2D eigenvalue weighted by atomic mass is 10.1. The molecule has 1 atom stereocenters. The van der Waals surface area contributed by atoms with Crippen molar-refractivity contribution in [1.29, 1.82) is 0 Å². The number of hydrogen-bond acceptors (Lipinski definition) is 5. The van der Waals surface area contributed by atoms with Crippen LogP contribution in [0.25, 0.3) is 0 Å². The predicted octanol–water partition coefficient (Wildman–Crippen LogP) is -0.426. The quantitative estimate of drug-likeness (QED) is 0.517. The van der Waals surface area contributed by atoms with Crippen molar-refractivity contribution in [2.75, 3.05) is 31.7 Å². The van der Waals surface area contributed by atoms with Crippen LogP contribution in [0.15, 0.2) is 0 Å². The minimum absolute atomic E-state index is 0.202. The fraction of sp³-hybridized carbons (Fsp3) is 0.889. The Morgan fingerprint density at radius 1 is 1.53 bits per heavy atom. The minimum Gasteiger partial charge on any atom is -0.469 e. The molecule has 1 saturated heterocycles. The molecule has 1 aliphatic rings. The van der Waals surface area contributed by atoms with Crippen molar-refractivity contribution in [2.45, 2.75) is 12.8 Å². The van der Waals surface area contributed by atoms with E-state index in [0.717, 1.165) is 6.42 Å². The number of rotatable bonds is 5. The van der Waals surface area contributed by atoms with Crippen LogP contribution in [-0.2, 0) is 19.4 Å². The van der Waals surface area contributed by atoms with E-state index in [0.29, 0.717) is 25.3 Å². The first-order chi connectivity index (χ1) is 7.03. The number of ether oxygens (including phenoxy) is 1. The van der Waals surface area contributed by atoms with Gasteiger partial charge in [-0.15, -0.1) is 0 Å². The van der Waals surface area contributed by atoms with Crippen LogP contribution in [0.1, 0.15) is 12.8 Å². The Morgan fingerprint density at radius 2 is 2.27 bits per heavy atom. The zero-order valence-corrected chi connectivity index (χ0v) is 9.68. The molecule has 1 heterocycles. The number of carbonyl (C=O) groups is 1. The topological polar surface area (TPSA) is 72.5 Å². The van der Waals surface area contributed by atoms with E-state index in [1.165, 1.54) is 7.11 Å². The summed E-state index contributed by atoms with van der Waals surface area (Å²) in [5.74, 6) is 0.531. The summed E-state index contributed by atoms with van der Waals surface area (Å²) >= 11 is 0. The first-order valence-electron chi connectivity index (χ1n) is 5.01. The summed E-state index contributed by atoms with van der Waals surface area (Å²) in [6, 6.07) is 0. The molecular weight excluding hydrogens is 218 g/mol. The maximum atomic E-state index is 11.1. The highest BCUT2D eigenvalue weighted by Crippen LogP contribution is 2.17. The summed E-state index contributed by atoms with van der Waals surface area (Å²) in [6.07, 6.45) is 1.06. The Kier molecular flexibility index (Phi) is 4.53. The summed E-state index contributed by atoms with van der Waals surface area (Å²) in [5, 5.41) is 3.07. The number of methoxy groups -OCH3 is 1. The average Bonchev–Trinajstić information content (AvgIpc) is 2.52. The molecule has 1 unspecified atom stereocenters. The normalized spacial score (nSPS) is 23.9. The van der Waals surface area contributed by atoms with Crippen molar-refractivity contribution in [3.05, 3.63) is 0 Å². The molecular formula is C9H17NO4S. The minimum atomic E-state index is -2.79. The van der Waals surface area contributed by atoms with E-state index in [2.05, 4.69) is 10.1 Å². The van der Waals surface area contributed by atoms with E-state index >= 15 is 0 Å². The van der Waals surface area contributed by atoms with Crippen LogP contribution in [0.5, 0.6) is 0 Å². The Bertz CT molecular complexity index is 312. The van der Waals surface area contributed by atoms with E-state index in [1.807, 2.05) is 0 Å². The van der Waals surface area contributed by atoms with E-state index in [-0.39, 0.29) is 17.6 Å². The third-order valence-electron chi connectivity index (χ3n) is 2.49. The van der Waals surface area contributed by atoms with Crippen LogP contribution in [0.4, 0.5) is 0 Å². The van der Waals surface area contributed by atoms with E-state index in [9.17, 15) is 13.2 Å². The fourth-order valence-corrected chi connectivity index (χ4v) is 3.49. The molecule has 15 heavy (non-hydrogen) atoms. The molecule has 88 valence electrons. The van der Waals surface area contributed by atoms with Crippen LogP contribution < -0.4 is 5.32 Å². The Hall–Kier alpha value is -0.620. The first kappa shape index (κ1) is 12.4. The van der Waals surface area contributed by atoms with Gasteiger partial charge in [-0.25, -0.2) is 8.42 Å². The number of sulfone groups is 1. The van der Waals surface area contributed by atoms with E-state index in [1.54, 1.807) is 0 Å². The van der Waals surface area contributed by atoms with E-state index < -0.39 is 9.84 Å². The maximum absolute atomic E-state index is 11.1. The second-order valence-electron chi connectivity index (χ2n) is 3.80. The van der Waals surface area contributed by atoms with Crippen molar-refractivity contribution in [3.8, 4) is 0 Å². The standard InChI is InChI=1S/C9H17NO4S/c1-14-9(11)2-4-10-6-8-3-5-15(12,13)7-8/h8,10H,2-7H2,1H3. The summed E-state index contributed by atoms with van der Waals surface area (Å²) in [6.45, 7) is 1.21. The molecule has 5 nitrogen and oxygen atoms in total. The van der Waals surface area contributed by atoms with E-state index in [4.69, 9.17) is 0 Å². The molecule has 0 radical (unpaired) electrons. The van der Waals surface area contributed by atoms with Crippen LogP contribution in [-0.4, -0.2) is 46.1 Å². The largest absolute Gasteiger partial charge is 0.469 e. The van der Waals surface area contributed by atoms with Crippen molar-refractivity contribution < 1.29 is 17.9 Å². The van der Waals surface area contributed by atoms with Gasteiger partial charge in [-0.1, -0.05) is 0 Å². The second-order valence-corrected chi connectivity index (χ2v) is 6.03. The van der Waals surface area contributed by atoms with Gasteiger partial charge in [0.25, 0.3) is 0 Å². The number of hydrogen-bond donors (Lipinski definition) is 1. The van der Waals surface area contributed by atoms with Crippen LogP contribution >= 0.6 is 0 Å². The molecule has 0 amide bonds. The molecule has 0 saturated carbocycles. The molecule has 0 aromatic heterocycles. The number of esters is 1. The third-order valence-corrected chi connectivity index (χ3v) is 4.33. The monoisotopic (exact) mass is 235 g/mol. The highest BCUT2D eigenvalue weighted by molar-refractivity contribution is 7.91. The maximum Gasteiger partial charge on any atom is 0.306 e. The molecule has 0 bridgehead atoms. The van der Waals surface area contributed by atoms with Crippen molar-refractivity contribution >= 4 is 15.8 Å².